The molecular formula is C15H25ClN3O+. The summed E-state index contributed by atoms with van der Waals surface area (Å²) in [5, 5.41) is 3.59. The number of hydrogen-bond donors (Lipinski definition) is 1. The van der Waals surface area contributed by atoms with Gasteiger partial charge in [-0.3, -0.25) is 10.2 Å². The molecule has 0 saturated carbocycles. The minimum absolute atomic E-state index is 0.0144. The number of carbonyl (C=O) groups is 1. The maximum atomic E-state index is 12.3. The first-order valence-electron chi connectivity index (χ1n) is 7.01. The number of anilines is 1. The number of hydrogen-bond acceptors (Lipinski definition) is 2. The lowest BCUT2D eigenvalue weighted by molar-refractivity contribution is -0.806. The van der Waals surface area contributed by atoms with Crippen molar-refractivity contribution in [1.29, 1.82) is 0 Å². The highest BCUT2D eigenvalue weighted by Crippen LogP contribution is 2.14. The fraction of sp³-hybridized carbons (Fsp3) is 0.533. The fourth-order valence-corrected chi connectivity index (χ4v) is 1.97. The summed E-state index contributed by atoms with van der Waals surface area (Å²) >= 11 is 5.83. The van der Waals surface area contributed by atoms with Gasteiger partial charge in [-0.15, -0.1) is 0 Å². The molecule has 0 saturated heterocycles. The lowest BCUT2D eigenvalue weighted by Gasteiger charge is -2.29. The largest absolute Gasteiger partial charge is 0.420 e. The molecule has 0 aliphatic rings. The van der Waals surface area contributed by atoms with Crippen LogP contribution < -0.4 is 5.32 Å². The average molecular weight is 299 g/mol. The zero-order valence-electron chi connectivity index (χ0n) is 12.8. The molecule has 0 spiro atoms. The van der Waals surface area contributed by atoms with E-state index in [0.717, 1.165) is 31.9 Å². The summed E-state index contributed by atoms with van der Waals surface area (Å²) in [5.74, 6) is 0. The molecule has 0 aliphatic carbocycles. The van der Waals surface area contributed by atoms with E-state index < -0.39 is 0 Å². The molecule has 0 heterocycles. The van der Waals surface area contributed by atoms with Crippen molar-refractivity contribution in [2.24, 2.45) is 0 Å². The van der Waals surface area contributed by atoms with Gasteiger partial charge in [0, 0.05) is 17.3 Å². The Hall–Kier alpha value is -1.10. The molecule has 1 aromatic carbocycles. The first kappa shape index (κ1) is 17.0. The molecule has 0 atom stereocenters. The molecule has 5 heteroatoms. The monoisotopic (exact) mass is 298 g/mol. The van der Waals surface area contributed by atoms with Gasteiger partial charge in [0.1, 0.15) is 0 Å². The third kappa shape index (κ3) is 5.12. The highest BCUT2D eigenvalue weighted by Gasteiger charge is 2.26. The van der Waals surface area contributed by atoms with E-state index in [1.165, 1.54) is 0 Å². The molecule has 1 aromatic rings. The van der Waals surface area contributed by atoms with Crippen molar-refractivity contribution in [2.45, 2.75) is 13.8 Å². The van der Waals surface area contributed by atoms with Crippen molar-refractivity contribution in [3.05, 3.63) is 29.3 Å². The number of amides is 2. The first-order chi connectivity index (χ1) is 9.39. The van der Waals surface area contributed by atoms with Crippen LogP contribution in [0, 0.1) is 0 Å². The van der Waals surface area contributed by atoms with E-state index in [-0.39, 0.29) is 6.03 Å². The fourth-order valence-electron chi connectivity index (χ4n) is 1.84. The Morgan fingerprint density at radius 3 is 2.25 bits per heavy atom. The van der Waals surface area contributed by atoms with Gasteiger partial charge < -0.3 is 0 Å². The van der Waals surface area contributed by atoms with Crippen LogP contribution in [0.3, 0.4) is 0 Å². The van der Waals surface area contributed by atoms with Crippen LogP contribution in [0.2, 0.25) is 5.02 Å². The molecular weight excluding hydrogens is 274 g/mol. The van der Waals surface area contributed by atoms with E-state index in [2.05, 4.69) is 24.1 Å². The minimum atomic E-state index is -0.0144. The second-order valence-electron chi connectivity index (χ2n) is 5.37. The Morgan fingerprint density at radius 1 is 1.20 bits per heavy atom. The lowest BCUT2D eigenvalue weighted by atomic mass is 10.3. The lowest BCUT2D eigenvalue weighted by Crippen LogP contribution is -2.51. The van der Waals surface area contributed by atoms with E-state index in [1.54, 1.807) is 12.1 Å². The quantitative estimate of drug-likeness (QED) is 0.817. The van der Waals surface area contributed by atoms with Gasteiger partial charge in [-0.05, 0) is 37.4 Å². The normalized spacial score (nSPS) is 11.7. The summed E-state index contributed by atoms with van der Waals surface area (Å²) < 4.78 is 0.305. The van der Waals surface area contributed by atoms with Crippen molar-refractivity contribution < 1.29 is 9.28 Å². The highest BCUT2D eigenvalue weighted by molar-refractivity contribution is 6.30. The molecule has 0 aliphatic heterocycles. The highest BCUT2D eigenvalue weighted by atomic mass is 35.5. The number of benzene rings is 1. The second kappa shape index (κ2) is 7.62. The molecule has 1 rings (SSSR count). The van der Waals surface area contributed by atoms with Crippen LogP contribution in [0.4, 0.5) is 10.5 Å². The van der Waals surface area contributed by atoms with Crippen LogP contribution in [0.25, 0.3) is 0 Å². The molecule has 20 heavy (non-hydrogen) atoms. The van der Waals surface area contributed by atoms with E-state index >= 15 is 0 Å². The third-order valence-electron chi connectivity index (χ3n) is 3.51. The summed E-state index contributed by atoms with van der Waals surface area (Å²) in [4.78, 5) is 14.6. The Labute approximate surface area is 126 Å². The number of urea groups is 1. The Bertz CT molecular complexity index is 427. The zero-order valence-corrected chi connectivity index (χ0v) is 13.6. The van der Waals surface area contributed by atoms with Crippen molar-refractivity contribution in [3.8, 4) is 0 Å². The summed E-state index contributed by atoms with van der Waals surface area (Å²) in [7, 11) is 3.85. The molecule has 0 unspecified atom stereocenters. The topological polar surface area (TPSA) is 32.3 Å². The van der Waals surface area contributed by atoms with Crippen molar-refractivity contribution >= 4 is 23.3 Å². The summed E-state index contributed by atoms with van der Waals surface area (Å²) in [6.45, 7) is 7.98. The van der Waals surface area contributed by atoms with Crippen LogP contribution in [-0.2, 0) is 0 Å². The summed E-state index contributed by atoms with van der Waals surface area (Å²) in [5.41, 5.74) is 0.772. The van der Waals surface area contributed by atoms with E-state index in [0.29, 0.717) is 9.51 Å². The van der Waals surface area contributed by atoms with Crippen LogP contribution in [-0.4, -0.2) is 55.7 Å². The number of nitrogens with zero attached hydrogens (tertiary/aromatic N) is 2. The predicted octanol–water partition coefficient (Wildman–Crippen LogP) is 3.29. The number of likely N-dealkylation sites (N-methyl/N-ethyl adjacent to an activating group) is 2. The summed E-state index contributed by atoms with van der Waals surface area (Å²) in [6, 6.07) is 7.15. The van der Waals surface area contributed by atoms with Gasteiger partial charge in [0.2, 0.25) is 0 Å². The Balaban J connectivity index is 2.57. The van der Waals surface area contributed by atoms with E-state index in [4.69, 9.17) is 11.6 Å². The van der Waals surface area contributed by atoms with Crippen LogP contribution in [0.1, 0.15) is 13.8 Å². The SMILES string of the molecule is CCN(CC)CC[N+](C)(C)C(=O)Nc1ccc(Cl)cc1. The minimum Gasteiger partial charge on any atom is -0.298 e. The standard InChI is InChI=1S/C15H24ClN3O/c1-5-18(6-2)11-12-19(3,4)15(20)17-14-9-7-13(16)8-10-14/h7-10H,5-6,11-12H2,1-4H3/p+1. The zero-order chi connectivity index (χ0) is 15.2. The molecule has 0 fully saturated rings. The van der Waals surface area contributed by atoms with Crippen molar-refractivity contribution in [2.75, 3.05) is 45.6 Å². The van der Waals surface area contributed by atoms with E-state index in [1.807, 2.05) is 26.2 Å². The van der Waals surface area contributed by atoms with Crippen LogP contribution in [0.15, 0.2) is 24.3 Å². The molecule has 4 nitrogen and oxygen atoms in total. The average Bonchev–Trinajstić information content (AvgIpc) is 2.42. The summed E-state index contributed by atoms with van der Waals surface area (Å²) in [6.07, 6.45) is 0. The van der Waals surface area contributed by atoms with Gasteiger partial charge in [0.05, 0.1) is 20.6 Å². The Morgan fingerprint density at radius 2 is 1.75 bits per heavy atom. The van der Waals surface area contributed by atoms with Gasteiger partial charge in [0.25, 0.3) is 0 Å². The maximum absolute atomic E-state index is 12.3. The number of rotatable bonds is 6. The second-order valence-corrected chi connectivity index (χ2v) is 5.81. The number of halogens is 1. The van der Waals surface area contributed by atoms with Crippen molar-refractivity contribution in [1.82, 2.24) is 4.90 Å². The molecule has 1 N–H and O–H groups in total. The van der Waals surface area contributed by atoms with Crippen molar-refractivity contribution in [3.63, 3.8) is 0 Å². The smallest absolute Gasteiger partial charge is 0.298 e. The third-order valence-corrected chi connectivity index (χ3v) is 3.77. The number of quaternary nitrogens is 1. The predicted molar refractivity (Wildman–Crippen MR) is 85.2 cm³/mol. The van der Waals surface area contributed by atoms with Gasteiger partial charge >= 0.3 is 6.03 Å². The van der Waals surface area contributed by atoms with Gasteiger partial charge in [0.15, 0.2) is 0 Å². The number of carbonyl (C=O) groups excluding carboxylic acids is 1. The van der Waals surface area contributed by atoms with Gasteiger partial charge in [-0.25, -0.2) is 9.28 Å². The molecule has 0 bridgehead atoms. The Kier molecular flexibility index (Phi) is 6.46. The molecule has 112 valence electrons. The number of nitrogens with one attached hydrogen (secondary N) is 1. The van der Waals surface area contributed by atoms with Gasteiger partial charge in [-0.2, -0.15) is 0 Å². The molecule has 2 amide bonds. The molecule has 0 aromatic heterocycles. The first-order valence-corrected chi connectivity index (χ1v) is 7.39. The van der Waals surface area contributed by atoms with Gasteiger partial charge in [-0.1, -0.05) is 25.4 Å². The molecule has 0 radical (unpaired) electrons. The van der Waals surface area contributed by atoms with Crippen LogP contribution >= 0.6 is 11.6 Å². The maximum Gasteiger partial charge on any atom is 0.420 e. The van der Waals surface area contributed by atoms with Crippen LogP contribution in [0.5, 0.6) is 0 Å². The van der Waals surface area contributed by atoms with E-state index in [9.17, 15) is 4.79 Å².